The van der Waals surface area contributed by atoms with E-state index in [0.29, 0.717) is 19.8 Å². The molecule has 0 saturated heterocycles. The Morgan fingerprint density at radius 2 is 1.60 bits per heavy atom. The highest BCUT2D eigenvalue weighted by atomic mass is 16.6. The summed E-state index contributed by atoms with van der Waals surface area (Å²) in [4.78, 5) is 0. The predicted molar refractivity (Wildman–Crippen MR) is 64.0 cm³/mol. The number of hydrogen-bond donors (Lipinski definition) is 1. The van der Waals surface area contributed by atoms with Gasteiger partial charge in [-0.1, -0.05) is 13.3 Å². The van der Waals surface area contributed by atoms with Crippen molar-refractivity contribution >= 4 is 0 Å². The van der Waals surface area contributed by atoms with Crippen molar-refractivity contribution in [1.29, 1.82) is 0 Å². The van der Waals surface area contributed by atoms with Crippen LogP contribution in [0.15, 0.2) is 0 Å². The molecule has 2 N–H and O–H groups in total. The van der Waals surface area contributed by atoms with Crippen molar-refractivity contribution in [3.05, 3.63) is 0 Å². The van der Waals surface area contributed by atoms with E-state index in [-0.39, 0.29) is 11.2 Å². The Hall–Kier alpha value is -0.120. The quantitative estimate of drug-likeness (QED) is 0.678. The number of ether oxygens (including phenoxy) is 2. The summed E-state index contributed by atoms with van der Waals surface area (Å²) in [5.41, 5.74) is 5.10. The van der Waals surface area contributed by atoms with Gasteiger partial charge in [0.05, 0.1) is 24.4 Å². The summed E-state index contributed by atoms with van der Waals surface area (Å²) in [6.07, 6.45) is 2.21. The van der Waals surface area contributed by atoms with Gasteiger partial charge in [0.25, 0.3) is 0 Å². The lowest BCUT2D eigenvalue weighted by Gasteiger charge is -2.31. The zero-order chi connectivity index (χ0) is 11.9. The molecule has 0 spiro atoms. The summed E-state index contributed by atoms with van der Waals surface area (Å²) < 4.78 is 11.5. The number of hydrogen-bond acceptors (Lipinski definition) is 3. The van der Waals surface area contributed by atoms with E-state index in [1.54, 1.807) is 0 Å². The van der Waals surface area contributed by atoms with Crippen LogP contribution in [0.2, 0.25) is 0 Å². The molecule has 0 aliphatic heterocycles. The van der Waals surface area contributed by atoms with Gasteiger partial charge in [0.1, 0.15) is 0 Å². The molecular weight excluding hydrogens is 190 g/mol. The highest BCUT2D eigenvalue weighted by Crippen LogP contribution is 2.20. The summed E-state index contributed by atoms with van der Waals surface area (Å²) >= 11 is 0. The first-order valence-electron chi connectivity index (χ1n) is 5.81. The van der Waals surface area contributed by atoms with Gasteiger partial charge in [-0.05, 0) is 34.1 Å². The van der Waals surface area contributed by atoms with E-state index in [9.17, 15) is 0 Å². The zero-order valence-corrected chi connectivity index (χ0v) is 10.9. The van der Waals surface area contributed by atoms with Crippen molar-refractivity contribution in [3.8, 4) is 0 Å². The molecule has 3 heteroatoms. The molecule has 0 aliphatic rings. The van der Waals surface area contributed by atoms with Crippen molar-refractivity contribution in [2.75, 3.05) is 19.8 Å². The second kappa shape index (κ2) is 6.46. The van der Waals surface area contributed by atoms with Crippen molar-refractivity contribution in [2.24, 2.45) is 5.73 Å². The summed E-state index contributed by atoms with van der Waals surface area (Å²) in [7, 11) is 0. The average Bonchev–Trinajstić information content (AvgIpc) is 2.12. The average molecular weight is 217 g/mol. The standard InChI is InChI=1S/C12H27NO2/c1-6-7-11(2,3)15-10-12(4,5)14-9-8-13/h6-10,13H2,1-5H3. The van der Waals surface area contributed by atoms with E-state index in [4.69, 9.17) is 15.2 Å². The van der Waals surface area contributed by atoms with Gasteiger partial charge in [-0.15, -0.1) is 0 Å². The molecule has 0 rings (SSSR count). The lowest BCUT2D eigenvalue weighted by molar-refractivity contribution is -0.120. The number of nitrogens with two attached hydrogens (primary N) is 1. The summed E-state index contributed by atoms with van der Waals surface area (Å²) in [6, 6.07) is 0. The summed E-state index contributed by atoms with van der Waals surface area (Å²) in [6.45, 7) is 12.2. The minimum Gasteiger partial charge on any atom is -0.373 e. The van der Waals surface area contributed by atoms with Crippen molar-refractivity contribution < 1.29 is 9.47 Å². The van der Waals surface area contributed by atoms with E-state index >= 15 is 0 Å². The summed E-state index contributed by atoms with van der Waals surface area (Å²) in [5, 5.41) is 0. The Kier molecular flexibility index (Phi) is 6.41. The van der Waals surface area contributed by atoms with Crippen LogP contribution in [-0.2, 0) is 9.47 Å². The Labute approximate surface area is 94.3 Å². The third-order valence-corrected chi connectivity index (χ3v) is 2.27. The van der Waals surface area contributed by atoms with Crippen LogP contribution >= 0.6 is 0 Å². The van der Waals surface area contributed by atoms with Crippen molar-refractivity contribution in [1.82, 2.24) is 0 Å². The van der Waals surface area contributed by atoms with Crippen molar-refractivity contribution in [2.45, 2.75) is 58.7 Å². The molecule has 0 amide bonds. The molecule has 0 radical (unpaired) electrons. The van der Waals surface area contributed by atoms with Crippen LogP contribution in [0.3, 0.4) is 0 Å². The molecule has 92 valence electrons. The summed E-state index contributed by atoms with van der Waals surface area (Å²) in [5.74, 6) is 0. The van der Waals surface area contributed by atoms with Gasteiger partial charge in [-0.2, -0.15) is 0 Å². The van der Waals surface area contributed by atoms with Crippen LogP contribution in [0.1, 0.15) is 47.5 Å². The Bertz CT molecular complexity index is 167. The first-order valence-corrected chi connectivity index (χ1v) is 5.81. The fourth-order valence-corrected chi connectivity index (χ4v) is 1.42. The smallest absolute Gasteiger partial charge is 0.0859 e. The topological polar surface area (TPSA) is 44.5 Å². The molecule has 0 aliphatic carbocycles. The van der Waals surface area contributed by atoms with Crippen LogP contribution in [0.4, 0.5) is 0 Å². The molecule has 3 nitrogen and oxygen atoms in total. The Morgan fingerprint density at radius 3 is 2.07 bits per heavy atom. The lowest BCUT2D eigenvalue weighted by atomic mass is 10.0. The molecule has 0 saturated carbocycles. The molecule has 15 heavy (non-hydrogen) atoms. The van der Waals surface area contributed by atoms with Crippen LogP contribution in [0.5, 0.6) is 0 Å². The monoisotopic (exact) mass is 217 g/mol. The van der Waals surface area contributed by atoms with Gasteiger partial charge in [0.2, 0.25) is 0 Å². The molecule has 0 fully saturated rings. The minimum absolute atomic E-state index is 0.0574. The Balaban J connectivity index is 3.90. The molecule has 0 aromatic rings. The largest absolute Gasteiger partial charge is 0.373 e. The first kappa shape index (κ1) is 14.9. The SMILES string of the molecule is CCCC(C)(C)OCC(C)(C)OCCN. The fraction of sp³-hybridized carbons (Fsp3) is 1.00. The fourth-order valence-electron chi connectivity index (χ4n) is 1.42. The second-order valence-electron chi connectivity index (χ2n) is 5.20. The van der Waals surface area contributed by atoms with Crippen LogP contribution in [0, 0.1) is 0 Å². The molecule has 0 atom stereocenters. The highest BCUT2D eigenvalue weighted by Gasteiger charge is 2.24. The molecule has 0 aromatic carbocycles. The maximum absolute atomic E-state index is 5.87. The normalized spacial score (nSPS) is 13.2. The number of rotatable bonds is 8. The molecular formula is C12H27NO2. The van der Waals surface area contributed by atoms with Crippen LogP contribution < -0.4 is 5.73 Å². The van der Waals surface area contributed by atoms with Gasteiger partial charge in [-0.25, -0.2) is 0 Å². The van der Waals surface area contributed by atoms with E-state index in [1.807, 2.05) is 13.8 Å². The predicted octanol–water partition coefficient (Wildman–Crippen LogP) is 2.34. The molecule has 0 unspecified atom stereocenters. The van der Waals surface area contributed by atoms with Gasteiger partial charge < -0.3 is 15.2 Å². The third-order valence-electron chi connectivity index (χ3n) is 2.27. The zero-order valence-electron chi connectivity index (χ0n) is 10.9. The minimum atomic E-state index is -0.246. The lowest BCUT2D eigenvalue weighted by Crippen LogP contribution is -2.37. The van der Waals surface area contributed by atoms with Crippen LogP contribution in [0.25, 0.3) is 0 Å². The van der Waals surface area contributed by atoms with E-state index in [1.165, 1.54) is 0 Å². The first-order chi connectivity index (χ1) is 6.83. The van der Waals surface area contributed by atoms with Gasteiger partial charge in [0.15, 0.2) is 0 Å². The Morgan fingerprint density at radius 1 is 1.00 bits per heavy atom. The van der Waals surface area contributed by atoms with E-state index in [2.05, 4.69) is 20.8 Å². The molecule has 0 bridgehead atoms. The molecule has 0 heterocycles. The van der Waals surface area contributed by atoms with Gasteiger partial charge >= 0.3 is 0 Å². The highest BCUT2D eigenvalue weighted by molar-refractivity contribution is 4.73. The van der Waals surface area contributed by atoms with Gasteiger partial charge in [0, 0.05) is 6.54 Å². The van der Waals surface area contributed by atoms with Gasteiger partial charge in [-0.3, -0.25) is 0 Å². The maximum atomic E-state index is 5.87. The second-order valence-corrected chi connectivity index (χ2v) is 5.20. The van der Waals surface area contributed by atoms with E-state index < -0.39 is 0 Å². The van der Waals surface area contributed by atoms with Crippen LogP contribution in [-0.4, -0.2) is 31.0 Å². The molecule has 0 aromatic heterocycles. The third kappa shape index (κ3) is 7.77. The maximum Gasteiger partial charge on any atom is 0.0859 e. The van der Waals surface area contributed by atoms with E-state index in [0.717, 1.165) is 12.8 Å². The van der Waals surface area contributed by atoms with Crippen molar-refractivity contribution in [3.63, 3.8) is 0 Å².